The van der Waals surface area contributed by atoms with Crippen molar-refractivity contribution in [3.05, 3.63) is 34.3 Å². The summed E-state index contributed by atoms with van der Waals surface area (Å²) in [5, 5.41) is 0. The lowest BCUT2D eigenvalue weighted by Gasteiger charge is -2.33. The lowest BCUT2D eigenvalue weighted by atomic mass is 9.89. The van der Waals surface area contributed by atoms with E-state index in [2.05, 4.69) is 45.1 Å². The van der Waals surface area contributed by atoms with E-state index in [0.29, 0.717) is 6.10 Å². The van der Waals surface area contributed by atoms with E-state index in [0.717, 1.165) is 19.1 Å². The van der Waals surface area contributed by atoms with Crippen molar-refractivity contribution < 1.29 is 4.74 Å². The van der Waals surface area contributed by atoms with Gasteiger partial charge in [-0.15, -0.1) is 0 Å². The molecule has 1 unspecified atom stereocenters. The van der Waals surface area contributed by atoms with Crippen molar-refractivity contribution in [2.75, 3.05) is 26.2 Å². The van der Waals surface area contributed by atoms with E-state index in [9.17, 15) is 0 Å². The van der Waals surface area contributed by atoms with Gasteiger partial charge in [0.1, 0.15) is 0 Å². The van der Waals surface area contributed by atoms with Crippen molar-refractivity contribution in [3.8, 4) is 0 Å². The standard InChI is InChI=1S/C16H22BrNO/c17-16-6-2-1-5-15(16)13-7-9-18(10-8-13)12-14-4-3-11-19-14/h1-2,5-6,13-14H,3-4,7-12H2. The molecule has 0 radical (unpaired) electrons. The van der Waals surface area contributed by atoms with Crippen LogP contribution in [0.5, 0.6) is 0 Å². The van der Waals surface area contributed by atoms with Gasteiger partial charge in [-0.2, -0.15) is 0 Å². The Kier molecular flexibility index (Phi) is 4.57. The first-order valence-electron chi connectivity index (χ1n) is 7.41. The van der Waals surface area contributed by atoms with Gasteiger partial charge in [0.25, 0.3) is 0 Å². The van der Waals surface area contributed by atoms with Gasteiger partial charge in [0.05, 0.1) is 6.10 Å². The largest absolute Gasteiger partial charge is 0.377 e. The fraction of sp³-hybridized carbons (Fsp3) is 0.625. The summed E-state index contributed by atoms with van der Waals surface area (Å²) in [6, 6.07) is 8.68. The number of nitrogens with zero attached hydrogens (tertiary/aromatic N) is 1. The summed E-state index contributed by atoms with van der Waals surface area (Å²) in [5.41, 5.74) is 1.49. The Morgan fingerprint density at radius 3 is 2.63 bits per heavy atom. The van der Waals surface area contributed by atoms with E-state index < -0.39 is 0 Å². The van der Waals surface area contributed by atoms with E-state index in [1.165, 1.54) is 48.8 Å². The van der Waals surface area contributed by atoms with Gasteiger partial charge in [-0.1, -0.05) is 34.1 Å². The Hall–Kier alpha value is -0.380. The van der Waals surface area contributed by atoms with Crippen LogP contribution in [-0.2, 0) is 4.74 Å². The third-order valence-corrected chi connectivity index (χ3v) is 5.14. The average Bonchev–Trinajstić information content (AvgIpc) is 2.93. The predicted molar refractivity (Wildman–Crippen MR) is 81.5 cm³/mol. The molecule has 0 bridgehead atoms. The first kappa shape index (κ1) is 13.6. The molecule has 3 rings (SSSR count). The summed E-state index contributed by atoms with van der Waals surface area (Å²) in [4.78, 5) is 2.59. The van der Waals surface area contributed by atoms with Crippen LogP contribution in [0.25, 0.3) is 0 Å². The molecule has 0 spiro atoms. The van der Waals surface area contributed by atoms with Crippen molar-refractivity contribution in [1.82, 2.24) is 4.90 Å². The van der Waals surface area contributed by atoms with Gasteiger partial charge in [0.15, 0.2) is 0 Å². The number of likely N-dealkylation sites (tertiary alicyclic amines) is 1. The normalized spacial score (nSPS) is 25.8. The van der Waals surface area contributed by atoms with E-state index in [1.54, 1.807) is 0 Å². The number of hydrogen-bond donors (Lipinski definition) is 0. The second-order valence-corrected chi connectivity index (χ2v) is 6.59. The topological polar surface area (TPSA) is 12.5 Å². The predicted octanol–water partition coefficient (Wildman–Crippen LogP) is 3.81. The molecular formula is C16H22BrNO. The highest BCUT2D eigenvalue weighted by molar-refractivity contribution is 9.10. The Bertz CT molecular complexity index is 409. The second-order valence-electron chi connectivity index (χ2n) is 5.73. The molecule has 19 heavy (non-hydrogen) atoms. The van der Waals surface area contributed by atoms with Crippen LogP contribution >= 0.6 is 15.9 Å². The number of ether oxygens (including phenoxy) is 1. The van der Waals surface area contributed by atoms with Crippen LogP contribution in [0.15, 0.2) is 28.7 Å². The summed E-state index contributed by atoms with van der Waals surface area (Å²) in [5.74, 6) is 0.719. The maximum atomic E-state index is 5.74. The van der Waals surface area contributed by atoms with E-state index in [4.69, 9.17) is 4.74 Å². The molecule has 3 heteroatoms. The van der Waals surface area contributed by atoms with E-state index >= 15 is 0 Å². The number of hydrogen-bond acceptors (Lipinski definition) is 2. The summed E-state index contributed by atoms with van der Waals surface area (Å²) in [6.45, 7) is 4.54. The number of rotatable bonds is 3. The molecule has 1 aromatic carbocycles. The molecule has 2 nitrogen and oxygen atoms in total. The molecule has 0 aromatic heterocycles. The van der Waals surface area contributed by atoms with Crippen LogP contribution in [-0.4, -0.2) is 37.2 Å². The molecule has 0 amide bonds. The third-order valence-electron chi connectivity index (χ3n) is 4.42. The Morgan fingerprint density at radius 1 is 1.16 bits per heavy atom. The molecule has 0 saturated carbocycles. The lowest BCUT2D eigenvalue weighted by Crippen LogP contribution is -2.38. The lowest BCUT2D eigenvalue weighted by molar-refractivity contribution is 0.0643. The molecule has 0 N–H and O–H groups in total. The summed E-state index contributed by atoms with van der Waals surface area (Å²) in [6.07, 6.45) is 5.55. The molecule has 104 valence electrons. The van der Waals surface area contributed by atoms with Crippen LogP contribution in [0.3, 0.4) is 0 Å². The fourth-order valence-electron chi connectivity index (χ4n) is 3.31. The van der Waals surface area contributed by atoms with Gasteiger partial charge < -0.3 is 9.64 Å². The zero-order valence-corrected chi connectivity index (χ0v) is 12.9. The average molecular weight is 324 g/mol. The minimum atomic E-state index is 0.500. The van der Waals surface area contributed by atoms with Crippen LogP contribution in [0.2, 0.25) is 0 Å². The van der Waals surface area contributed by atoms with E-state index in [1.807, 2.05) is 0 Å². The molecule has 1 atom stereocenters. The molecule has 2 saturated heterocycles. The molecule has 1 aromatic rings. The zero-order valence-electron chi connectivity index (χ0n) is 11.4. The monoisotopic (exact) mass is 323 g/mol. The molecule has 2 aliphatic heterocycles. The number of halogens is 1. The van der Waals surface area contributed by atoms with Gasteiger partial charge in [-0.3, -0.25) is 0 Å². The zero-order chi connectivity index (χ0) is 13.1. The smallest absolute Gasteiger partial charge is 0.0702 e. The highest BCUT2D eigenvalue weighted by Gasteiger charge is 2.25. The van der Waals surface area contributed by atoms with Crippen molar-refractivity contribution >= 4 is 15.9 Å². The molecule has 2 aliphatic rings. The summed E-state index contributed by atoms with van der Waals surface area (Å²) < 4.78 is 7.01. The van der Waals surface area contributed by atoms with Gasteiger partial charge in [0.2, 0.25) is 0 Å². The van der Waals surface area contributed by atoms with Crippen LogP contribution in [0.4, 0.5) is 0 Å². The van der Waals surface area contributed by atoms with E-state index in [-0.39, 0.29) is 0 Å². The highest BCUT2D eigenvalue weighted by Crippen LogP contribution is 2.33. The van der Waals surface area contributed by atoms with Crippen LogP contribution in [0, 0.1) is 0 Å². The molecule has 2 heterocycles. The SMILES string of the molecule is Brc1ccccc1C1CCN(CC2CCCO2)CC1. The van der Waals surface area contributed by atoms with Crippen LogP contribution < -0.4 is 0 Å². The molecule has 0 aliphatic carbocycles. The molecule has 2 fully saturated rings. The minimum absolute atomic E-state index is 0.500. The molecular weight excluding hydrogens is 302 g/mol. The Balaban J connectivity index is 1.53. The first-order chi connectivity index (χ1) is 9.33. The van der Waals surface area contributed by atoms with Gasteiger partial charge in [-0.25, -0.2) is 0 Å². The Morgan fingerprint density at radius 2 is 1.95 bits per heavy atom. The number of piperidine rings is 1. The van der Waals surface area contributed by atoms with Gasteiger partial charge in [0, 0.05) is 17.6 Å². The van der Waals surface area contributed by atoms with Gasteiger partial charge in [-0.05, 0) is 56.3 Å². The van der Waals surface area contributed by atoms with Gasteiger partial charge >= 0.3 is 0 Å². The second kappa shape index (κ2) is 6.38. The third kappa shape index (κ3) is 3.39. The summed E-state index contributed by atoms with van der Waals surface area (Å²) in [7, 11) is 0. The first-order valence-corrected chi connectivity index (χ1v) is 8.20. The number of benzene rings is 1. The van der Waals surface area contributed by atoms with Crippen molar-refractivity contribution in [3.63, 3.8) is 0 Å². The van der Waals surface area contributed by atoms with Crippen molar-refractivity contribution in [2.24, 2.45) is 0 Å². The van der Waals surface area contributed by atoms with Crippen molar-refractivity contribution in [2.45, 2.75) is 37.7 Å². The quantitative estimate of drug-likeness (QED) is 0.838. The maximum absolute atomic E-state index is 5.74. The summed E-state index contributed by atoms with van der Waals surface area (Å²) >= 11 is 3.68. The van der Waals surface area contributed by atoms with Crippen molar-refractivity contribution in [1.29, 1.82) is 0 Å². The highest BCUT2D eigenvalue weighted by atomic mass is 79.9. The maximum Gasteiger partial charge on any atom is 0.0702 e. The Labute approximate surface area is 124 Å². The van der Waals surface area contributed by atoms with Crippen LogP contribution in [0.1, 0.15) is 37.2 Å². The fourth-order valence-corrected chi connectivity index (χ4v) is 3.92. The minimum Gasteiger partial charge on any atom is -0.377 e.